The van der Waals surface area contributed by atoms with Gasteiger partial charge < -0.3 is 4.74 Å². The first-order valence-corrected chi connectivity index (χ1v) is 5.55. The topological polar surface area (TPSA) is 33.0 Å². The number of aryl methyl sites for hydroxylation is 2. The van der Waals surface area contributed by atoms with Crippen molar-refractivity contribution >= 4 is 0 Å². The molecule has 0 N–H and O–H groups in total. The molecule has 0 spiro atoms. The lowest BCUT2D eigenvalue weighted by Gasteiger charge is -2.09. The quantitative estimate of drug-likeness (QED) is 0.792. The minimum Gasteiger partial charge on any atom is -0.453 e. The van der Waals surface area contributed by atoms with Gasteiger partial charge in [-0.05, 0) is 49.2 Å². The van der Waals surface area contributed by atoms with Gasteiger partial charge in [0.1, 0.15) is 11.8 Å². The summed E-state index contributed by atoms with van der Waals surface area (Å²) >= 11 is 0. The molecule has 2 rings (SSSR count). The molecule has 0 bridgehead atoms. The largest absolute Gasteiger partial charge is 0.453 e. The second-order valence-corrected chi connectivity index (χ2v) is 4.15. The molecule has 90 valence electrons. The normalized spacial score (nSPS) is 9.89. The maximum absolute atomic E-state index is 13.6. The van der Waals surface area contributed by atoms with Gasteiger partial charge in [0.05, 0.1) is 5.56 Å². The monoisotopic (exact) mass is 241 g/mol. The summed E-state index contributed by atoms with van der Waals surface area (Å²) < 4.78 is 19.0. The van der Waals surface area contributed by atoms with Gasteiger partial charge in [0.15, 0.2) is 11.6 Å². The predicted molar refractivity (Wildman–Crippen MR) is 67.1 cm³/mol. The van der Waals surface area contributed by atoms with Crippen LogP contribution in [0, 0.1) is 31.0 Å². The number of hydrogen-bond donors (Lipinski definition) is 0. The highest BCUT2D eigenvalue weighted by molar-refractivity contribution is 5.47. The summed E-state index contributed by atoms with van der Waals surface area (Å²) in [5.74, 6) is 0.0630. The third-order valence-electron chi connectivity index (χ3n) is 2.56. The second kappa shape index (κ2) is 4.89. The van der Waals surface area contributed by atoms with Crippen LogP contribution in [-0.4, -0.2) is 0 Å². The lowest BCUT2D eigenvalue weighted by Crippen LogP contribution is -1.92. The van der Waals surface area contributed by atoms with E-state index >= 15 is 0 Å². The lowest BCUT2D eigenvalue weighted by molar-refractivity contribution is 0.440. The van der Waals surface area contributed by atoms with Gasteiger partial charge in [0.25, 0.3) is 0 Å². The van der Waals surface area contributed by atoms with E-state index in [2.05, 4.69) is 0 Å². The molecule has 0 atom stereocenters. The van der Waals surface area contributed by atoms with E-state index in [0.717, 1.165) is 11.1 Å². The molecule has 0 aliphatic carbocycles. The molecule has 0 aliphatic rings. The van der Waals surface area contributed by atoms with Crippen LogP contribution < -0.4 is 4.74 Å². The first kappa shape index (κ1) is 12.1. The summed E-state index contributed by atoms with van der Waals surface area (Å²) in [6.07, 6.45) is 0. The van der Waals surface area contributed by atoms with Crippen LogP contribution in [0.3, 0.4) is 0 Å². The van der Waals surface area contributed by atoms with Crippen molar-refractivity contribution in [3.05, 3.63) is 58.9 Å². The Balaban J connectivity index is 2.40. The van der Waals surface area contributed by atoms with Crippen LogP contribution in [0.2, 0.25) is 0 Å². The zero-order valence-corrected chi connectivity index (χ0v) is 10.2. The predicted octanol–water partition coefficient (Wildman–Crippen LogP) is 4.11. The Hall–Kier alpha value is -2.34. The summed E-state index contributed by atoms with van der Waals surface area (Å²) in [6, 6.07) is 11.9. The minimum absolute atomic E-state index is 0.135. The fourth-order valence-electron chi connectivity index (χ4n) is 1.63. The van der Waals surface area contributed by atoms with E-state index in [1.165, 1.54) is 6.07 Å². The molecular weight excluding hydrogens is 229 g/mol. The van der Waals surface area contributed by atoms with Gasteiger partial charge in [-0.1, -0.05) is 12.1 Å². The summed E-state index contributed by atoms with van der Waals surface area (Å²) in [5, 5.41) is 9.02. The fraction of sp³-hybridized carbons (Fsp3) is 0.133. The Bertz CT molecular complexity index is 629. The highest BCUT2D eigenvalue weighted by atomic mass is 19.1. The summed E-state index contributed by atoms with van der Waals surface area (Å²) in [7, 11) is 0. The summed E-state index contributed by atoms with van der Waals surface area (Å²) in [6.45, 7) is 3.74. The molecule has 0 unspecified atom stereocenters. The number of nitrogens with zero attached hydrogens (tertiary/aromatic N) is 1. The summed E-state index contributed by atoms with van der Waals surface area (Å²) in [4.78, 5) is 0. The highest BCUT2D eigenvalue weighted by Gasteiger charge is 2.08. The van der Waals surface area contributed by atoms with E-state index < -0.39 is 5.82 Å². The van der Waals surface area contributed by atoms with Crippen molar-refractivity contribution in [3.63, 3.8) is 0 Å². The first-order valence-electron chi connectivity index (χ1n) is 5.55. The molecule has 2 aromatic rings. The molecule has 2 aromatic carbocycles. The Morgan fingerprint density at radius 3 is 2.39 bits per heavy atom. The SMILES string of the molecule is Cc1ccc(Oc2cc(C)ccc2F)c(C#N)c1. The molecule has 18 heavy (non-hydrogen) atoms. The van der Waals surface area contributed by atoms with Gasteiger partial charge in [0, 0.05) is 0 Å². The average Bonchev–Trinajstić information content (AvgIpc) is 2.36. The Morgan fingerprint density at radius 1 is 1.00 bits per heavy atom. The molecular formula is C15H12FNO. The number of nitriles is 1. The van der Waals surface area contributed by atoms with Crippen LogP contribution in [0.1, 0.15) is 16.7 Å². The molecule has 0 amide bonds. The molecule has 0 saturated heterocycles. The molecule has 3 heteroatoms. The van der Waals surface area contributed by atoms with Crippen LogP contribution in [0.5, 0.6) is 11.5 Å². The van der Waals surface area contributed by atoms with Crippen molar-refractivity contribution in [2.75, 3.05) is 0 Å². The van der Waals surface area contributed by atoms with E-state index in [4.69, 9.17) is 10.00 Å². The van der Waals surface area contributed by atoms with E-state index in [1.54, 1.807) is 24.3 Å². The van der Waals surface area contributed by atoms with Gasteiger partial charge in [0.2, 0.25) is 0 Å². The Morgan fingerprint density at radius 2 is 1.67 bits per heavy atom. The van der Waals surface area contributed by atoms with Gasteiger partial charge >= 0.3 is 0 Å². The van der Waals surface area contributed by atoms with Crippen molar-refractivity contribution in [1.29, 1.82) is 5.26 Å². The first-order chi connectivity index (χ1) is 8.60. The third-order valence-corrected chi connectivity index (χ3v) is 2.56. The molecule has 0 aromatic heterocycles. The van der Waals surface area contributed by atoms with E-state index in [0.29, 0.717) is 11.3 Å². The number of halogens is 1. The number of ether oxygens (including phenoxy) is 1. The highest BCUT2D eigenvalue weighted by Crippen LogP contribution is 2.28. The Labute approximate surface area is 105 Å². The second-order valence-electron chi connectivity index (χ2n) is 4.15. The van der Waals surface area contributed by atoms with Crippen molar-refractivity contribution < 1.29 is 9.13 Å². The Kier molecular flexibility index (Phi) is 3.29. The van der Waals surface area contributed by atoms with Gasteiger partial charge in [-0.25, -0.2) is 4.39 Å². The van der Waals surface area contributed by atoms with Gasteiger partial charge in [-0.2, -0.15) is 5.26 Å². The molecule has 0 heterocycles. The molecule has 2 nitrogen and oxygen atoms in total. The van der Waals surface area contributed by atoms with Crippen molar-refractivity contribution in [2.24, 2.45) is 0 Å². The maximum Gasteiger partial charge on any atom is 0.165 e. The number of benzene rings is 2. The van der Waals surface area contributed by atoms with Crippen LogP contribution in [0.15, 0.2) is 36.4 Å². The van der Waals surface area contributed by atoms with E-state index in [9.17, 15) is 4.39 Å². The maximum atomic E-state index is 13.6. The minimum atomic E-state index is -0.440. The van der Waals surface area contributed by atoms with Gasteiger partial charge in [-0.3, -0.25) is 0 Å². The van der Waals surface area contributed by atoms with Crippen LogP contribution >= 0.6 is 0 Å². The smallest absolute Gasteiger partial charge is 0.165 e. The standard InChI is InChI=1S/C15H12FNO/c1-10-4-6-14(12(7-10)9-17)18-15-8-11(2)3-5-13(15)16/h3-8H,1-2H3. The molecule has 0 saturated carbocycles. The van der Waals surface area contributed by atoms with Crippen molar-refractivity contribution in [2.45, 2.75) is 13.8 Å². The van der Waals surface area contributed by atoms with E-state index in [1.807, 2.05) is 26.0 Å². The number of hydrogen-bond acceptors (Lipinski definition) is 2. The van der Waals surface area contributed by atoms with Crippen LogP contribution in [-0.2, 0) is 0 Å². The third kappa shape index (κ3) is 2.49. The summed E-state index contributed by atoms with van der Waals surface area (Å²) in [5.41, 5.74) is 2.26. The van der Waals surface area contributed by atoms with E-state index in [-0.39, 0.29) is 5.75 Å². The zero-order valence-electron chi connectivity index (χ0n) is 10.2. The zero-order chi connectivity index (χ0) is 13.1. The van der Waals surface area contributed by atoms with Crippen molar-refractivity contribution in [1.82, 2.24) is 0 Å². The van der Waals surface area contributed by atoms with Crippen LogP contribution in [0.25, 0.3) is 0 Å². The lowest BCUT2D eigenvalue weighted by atomic mass is 10.1. The average molecular weight is 241 g/mol. The fourth-order valence-corrected chi connectivity index (χ4v) is 1.63. The molecule has 0 aliphatic heterocycles. The van der Waals surface area contributed by atoms with Crippen LogP contribution in [0.4, 0.5) is 4.39 Å². The van der Waals surface area contributed by atoms with Crippen molar-refractivity contribution in [3.8, 4) is 17.6 Å². The number of rotatable bonds is 2. The molecule has 0 radical (unpaired) electrons. The molecule has 0 fully saturated rings. The van der Waals surface area contributed by atoms with Gasteiger partial charge in [-0.15, -0.1) is 0 Å².